The van der Waals surface area contributed by atoms with Crippen LogP contribution in [0.1, 0.15) is 53.1 Å². The molecule has 12 heteroatoms. The van der Waals surface area contributed by atoms with E-state index in [1.54, 1.807) is 6.07 Å². The number of halogens is 9. The molecule has 1 amide bonds. The molecule has 1 aliphatic carbocycles. The molecule has 200 valence electrons. The molecular formula is C25H20Br3F6NO2. The fourth-order valence-corrected chi connectivity index (χ4v) is 5.72. The molecule has 1 unspecified atom stereocenters. The Bertz CT molecular complexity index is 1190. The van der Waals surface area contributed by atoms with Crippen molar-refractivity contribution in [3.05, 3.63) is 72.6 Å². The van der Waals surface area contributed by atoms with Crippen molar-refractivity contribution < 1.29 is 35.9 Å². The minimum atomic E-state index is -4.54. The third-order valence-corrected chi connectivity index (χ3v) is 7.47. The molecular weight excluding hydrogens is 700 g/mol. The lowest BCUT2D eigenvalue weighted by Crippen LogP contribution is -2.35. The number of rotatable bonds is 9. The van der Waals surface area contributed by atoms with Crippen molar-refractivity contribution in [2.75, 3.05) is 6.54 Å². The van der Waals surface area contributed by atoms with Gasteiger partial charge in [-0.3, -0.25) is 9.59 Å². The van der Waals surface area contributed by atoms with Gasteiger partial charge in [-0.25, -0.2) is 0 Å². The van der Waals surface area contributed by atoms with Crippen molar-refractivity contribution in [1.29, 1.82) is 0 Å². The highest BCUT2D eigenvalue weighted by Gasteiger charge is 2.51. The minimum Gasteiger partial charge on any atom is -0.355 e. The molecule has 3 rings (SSSR count). The zero-order valence-corrected chi connectivity index (χ0v) is 23.7. The SMILES string of the molecule is O=C(CC1(C(=O)NCCC(F)(F)F)CC1)c1ccc(/C=C/C(c2cc(Br)cc(Br)c2)C(F)(F)F)cc1Br. The van der Waals surface area contributed by atoms with Crippen LogP contribution in [0.5, 0.6) is 0 Å². The Morgan fingerprint density at radius 3 is 2.11 bits per heavy atom. The molecule has 1 aliphatic rings. The van der Waals surface area contributed by atoms with Crippen LogP contribution >= 0.6 is 47.8 Å². The number of amides is 1. The molecule has 0 aliphatic heterocycles. The van der Waals surface area contributed by atoms with E-state index in [-0.39, 0.29) is 17.5 Å². The maximum Gasteiger partial charge on any atom is 0.399 e. The summed E-state index contributed by atoms with van der Waals surface area (Å²) in [7, 11) is 0. The summed E-state index contributed by atoms with van der Waals surface area (Å²) in [5.41, 5.74) is -0.342. The van der Waals surface area contributed by atoms with E-state index in [0.717, 1.165) is 6.08 Å². The van der Waals surface area contributed by atoms with E-state index in [1.165, 1.54) is 36.4 Å². The van der Waals surface area contributed by atoms with Gasteiger partial charge in [0.15, 0.2) is 5.78 Å². The van der Waals surface area contributed by atoms with Crippen molar-refractivity contribution >= 4 is 65.6 Å². The van der Waals surface area contributed by atoms with Gasteiger partial charge in [0.25, 0.3) is 0 Å². The van der Waals surface area contributed by atoms with Gasteiger partial charge in [0.1, 0.15) is 0 Å². The number of benzene rings is 2. The number of hydrogen-bond acceptors (Lipinski definition) is 2. The largest absolute Gasteiger partial charge is 0.399 e. The van der Waals surface area contributed by atoms with Crippen molar-refractivity contribution in [2.24, 2.45) is 5.41 Å². The van der Waals surface area contributed by atoms with Crippen LogP contribution in [0, 0.1) is 5.41 Å². The fraction of sp³-hybridized carbons (Fsp3) is 0.360. The molecule has 1 fully saturated rings. The first-order valence-electron chi connectivity index (χ1n) is 11.0. The lowest BCUT2D eigenvalue weighted by molar-refractivity contribution is -0.139. The topological polar surface area (TPSA) is 46.2 Å². The monoisotopic (exact) mass is 717 g/mol. The molecule has 2 aromatic carbocycles. The zero-order valence-electron chi connectivity index (χ0n) is 18.9. The van der Waals surface area contributed by atoms with Crippen molar-refractivity contribution in [3.63, 3.8) is 0 Å². The summed E-state index contributed by atoms with van der Waals surface area (Å²) in [6.07, 6.45) is -7.15. The Hall–Kier alpha value is -1.66. The molecule has 0 heterocycles. The second kappa shape index (κ2) is 11.6. The fourth-order valence-electron chi connectivity index (χ4n) is 3.78. The zero-order chi connectivity index (χ0) is 27.6. The lowest BCUT2D eigenvalue weighted by Gasteiger charge is -2.18. The number of carbonyl (C=O) groups is 2. The van der Waals surface area contributed by atoms with Gasteiger partial charge in [-0.05, 0) is 54.3 Å². The second-order valence-electron chi connectivity index (χ2n) is 8.82. The number of hydrogen-bond donors (Lipinski definition) is 1. The molecule has 1 saturated carbocycles. The summed E-state index contributed by atoms with van der Waals surface area (Å²) in [5.74, 6) is -2.84. The Morgan fingerprint density at radius 2 is 1.59 bits per heavy atom. The molecule has 2 aromatic rings. The van der Waals surface area contributed by atoms with E-state index in [1.807, 2.05) is 0 Å². The summed E-state index contributed by atoms with van der Waals surface area (Å²) in [6.45, 7) is -0.557. The first-order chi connectivity index (χ1) is 17.1. The standard InChI is InChI=1S/C25H20Br3F6NO2/c26-16-10-15(11-17(27)12-16)19(25(32,33)34)4-2-14-1-3-18(20(28)9-14)21(36)13-23(5-6-23)22(37)35-8-7-24(29,30)31/h1-4,9-12,19H,5-8,13H2,(H,35,37)/b4-2+. The van der Waals surface area contributed by atoms with Crippen molar-refractivity contribution in [3.8, 4) is 0 Å². The molecule has 37 heavy (non-hydrogen) atoms. The van der Waals surface area contributed by atoms with E-state index in [9.17, 15) is 35.9 Å². The maximum atomic E-state index is 13.8. The van der Waals surface area contributed by atoms with Crippen molar-refractivity contribution in [2.45, 2.75) is 44.0 Å². The van der Waals surface area contributed by atoms with Crippen LogP contribution in [-0.4, -0.2) is 30.6 Å². The predicted octanol–water partition coefficient (Wildman–Crippen LogP) is 8.76. The molecule has 3 nitrogen and oxygen atoms in total. The summed E-state index contributed by atoms with van der Waals surface area (Å²) in [5, 5.41) is 2.25. The minimum absolute atomic E-state index is 0.0408. The van der Waals surface area contributed by atoms with Gasteiger partial charge in [0, 0.05) is 31.9 Å². The van der Waals surface area contributed by atoms with Crippen molar-refractivity contribution in [1.82, 2.24) is 5.32 Å². The van der Waals surface area contributed by atoms with Gasteiger partial charge in [-0.15, -0.1) is 0 Å². The van der Waals surface area contributed by atoms with E-state index in [2.05, 4.69) is 53.1 Å². The second-order valence-corrected chi connectivity index (χ2v) is 11.5. The van der Waals surface area contributed by atoms with E-state index >= 15 is 0 Å². The van der Waals surface area contributed by atoms with Crippen LogP contribution < -0.4 is 5.32 Å². The predicted molar refractivity (Wildman–Crippen MR) is 138 cm³/mol. The summed E-state index contributed by atoms with van der Waals surface area (Å²) in [6, 6.07) is 8.84. The van der Waals surface area contributed by atoms with Crippen LogP contribution in [-0.2, 0) is 4.79 Å². The lowest BCUT2D eigenvalue weighted by atomic mass is 9.93. The van der Waals surface area contributed by atoms with Gasteiger partial charge in [0.2, 0.25) is 5.91 Å². The summed E-state index contributed by atoms with van der Waals surface area (Å²) in [4.78, 5) is 25.2. The van der Waals surface area contributed by atoms with Crippen LogP contribution in [0.3, 0.4) is 0 Å². The summed E-state index contributed by atoms with van der Waals surface area (Å²) < 4.78 is 79.6. The Labute approximate surface area is 234 Å². The molecule has 0 aromatic heterocycles. The first-order valence-corrected chi connectivity index (χ1v) is 13.4. The van der Waals surface area contributed by atoms with Crippen LogP contribution in [0.4, 0.5) is 26.3 Å². The first kappa shape index (κ1) is 29.9. The number of alkyl halides is 6. The molecule has 1 atom stereocenters. The van der Waals surface area contributed by atoms with Gasteiger partial charge in [-0.2, -0.15) is 26.3 Å². The van der Waals surface area contributed by atoms with E-state index < -0.39 is 48.3 Å². The van der Waals surface area contributed by atoms with E-state index in [0.29, 0.717) is 31.8 Å². The highest BCUT2D eigenvalue weighted by Crippen LogP contribution is 2.50. The average Bonchev–Trinajstić information content (AvgIpc) is 3.52. The molecule has 0 radical (unpaired) electrons. The smallest absolute Gasteiger partial charge is 0.355 e. The normalized spacial score (nSPS) is 16.0. The van der Waals surface area contributed by atoms with Crippen LogP contribution in [0.15, 0.2) is 55.9 Å². The molecule has 1 N–H and O–H groups in total. The quantitative estimate of drug-likeness (QED) is 0.208. The van der Waals surface area contributed by atoms with Crippen LogP contribution in [0.25, 0.3) is 6.08 Å². The highest BCUT2D eigenvalue weighted by molar-refractivity contribution is 9.11. The Balaban J connectivity index is 1.71. The average molecular weight is 720 g/mol. The number of allylic oxidation sites excluding steroid dienone is 1. The number of nitrogens with one attached hydrogen (secondary N) is 1. The maximum absolute atomic E-state index is 13.8. The van der Waals surface area contributed by atoms with Gasteiger partial charge < -0.3 is 5.32 Å². The Morgan fingerprint density at radius 1 is 0.973 bits per heavy atom. The van der Waals surface area contributed by atoms with Crippen LogP contribution in [0.2, 0.25) is 0 Å². The van der Waals surface area contributed by atoms with E-state index in [4.69, 9.17) is 0 Å². The third-order valence-electron chi connectivity index (χ3n) is 5.90. The summed E-state index contributed by atoms with van der Waals surface area (Å²) >= 11 is 9.67. The number of Topliss-reactive ketones (excluding diaryl/α,β-unsaturated/α-hetero) is 1. The molecule has 0 spiro atoms. The van der Waals surface area contributed by atoms with Gasteiger partial charge >= 0.3 is 12.4 Å². The number of ketones is 1. The number of carbonyl (C=O) groups excluding carboxylic acids is 2. The molecule has 0 saturated heterocycles. The van der Waals surface area contributed by atoms with Gasteiger partial charge in [-0.1, -0.05) is 66.0 Å². The third kappa shape index (κ3) is 8.41. The highest BCUT2D eigenvalue weighted by atomic mass is 79.9. The Kier molecular flexibility index (Phi) is 9.38. The van der Waals surface area contributed by atoms with Gasteiger partial charge in [0.05, 0.1) is 17.8 Å². The molecule has 0 bridgehead atoms.